The summed E-state index contributed by atoms with van der Waals surface area (Å²) in [6.45, 7) is 5.02. The third kappa shape index (κ3) is 4.36. The number of halogens is 3. The summed E-state index contributed by atoms with van der Waals surface area (Å²) >= 11 is 0. The molecule has 0 spiro atoms. The Bertz CT molecular complexity index is 1390. The summed E-state index contributed by atoms with van der Waals surface area (Å²) < 4.78 is 43.5. The van der Waals surface area contributed by atoms with Gasteiger partial charge < -0.3 is 31.5 Å². The van der Waals surface area contributed by atoms with Crippen molar-refractivity contribution in [1.29, 1.82) is 0 Å². The molecule has 3 aliphatic rings. The van der Waals surface area contributed by atoms with Gasteiger partial charge in [0, 0.05) is 23.6 Å². The number of aromatic hydroxyl groups is 1. The number of alkyl halides is 3. The number of carbonyl (C=O) groups is 3. The van der Waals surface area contributed by atoms with Crippen molar-refractivity contribution in [2.75, 3.05) is 14.1 Å². The number of phenols is 1. The average molecular weight is 568 g/mol. The van der Waals surface area contributed by atoms with Crippen LogP contribution in [0.3, 0.4) is 0 Å². The van der Waals surface area contributed by atoms with E-state index >= 15 is 0 Å². The standard InChI is InChI=1S/C27H32F3N3O7/c1-25(2,3)32-9-11-8-14(34)16-12(18(11)27(28,29)30)6-10-7-13-19(33(4)5)21(36)17(24(31)39)23(38)26(13,40)22(37)15(10)20(16)35/h8,10,13,19,32,34-35,38,40H,6-7,9H2,1-5H3,(H2,31,39)/t10-,13-,19-,26-/m0/s1. The summed E-state index contributed by atoms with van der Waals surface area (Å²) in [5.74, 6) is -9.08. The molecule has 40 heavy (non-hydrogen) atoms. The van der Waals surface area contributed by atoms with Gasteiger partial charge >= 0.3 is 6.18 Å². The van der Waals surface area contributed by atoms with Crippen LogP contribution < -0.4 is 11.1 Å². The third-order valence-corrected chi connectivity index (χ3v) is 7.90. The monoisotopic (exact) mass is 567 g/mol. The van der Waals surface area contributed by atoms with Crippen LogP contribution in [0.1, 0.15) is 49.4 Å². The minimum Gasteiger partial charge on any atom is -0.508 e. The third-order valence-electron chi connectivity index (χ3n) is 7.90. The zero-order valence-electron chi connectivity index (χ0n) is 22.6. The van der Waals surface area contributed by atoms with Crippen LogP contribution in [-0.4, -0.2) is 74.1 Å². The molecule has 3 aliphatic carbocycles. The molecule has 4 atom stereocenters. The lowest BCUT2D eigenvalue weighted by atomic mass is 9.57. The number of nitrogens with one attached hydrogen (secondary N) is 1. The Labute approximate surface area is 228 Å². The summed E-state index contributed by atoms with van der Waals surface area (Å²) in [5, 5.41) is 47.3. The van der Waals surface area contributed by atoms with Gasteiger partial charge in [-0.1, -0.05) is 0 Å². The minimum atomic E-state index is -4.89. The van der Waals surface area contributed by atoms with Gasteiger partial charge in [0.15, 0.2) is 11.4 Å². The lowest BCUT2D eigenvalue weighted by Gasteiger charge is -2.50. The summed E-state index contributed by atoms with van der Waals surface area (Å²) in [7, 11) is 2.86. The molecule has 0 saturated heterocycles. The molecule has 0 aromatic heterocycles. The van der Waals surface area contributed by atoms with E-state index in [1.807, 2.05) is 0 Å². The van der Waals surface area contributed by atoms with Crippen molar-refractivity contribution in [3.8, 4) is 5.75 Å². The molecule has 7 N–H and O–H groups in total. The highest BCUT2D eigenvalue weighted by atomic mass is 19.4. The number of Topliss-reactive ketones (excluding diaryl/α,β-unsaturated/α-hetero) is 2. The zero-order valence-corrected chi connectivity index (χ0v) is 22.6. The first-order valence-electron chi connectivity index (χ1n) is 12.6. The van der Waals surface area contributed by atoms with Crippen LogP contribution in [-0.2, 0) is 33.5 Å². The number of hydrogen-bond acceptors (Lipinski definition) is 9. The summed E-state index contributed by atoms with van der Waals surface area (Å²) in [6, 6.07) is -0.470. The number of fused-ring (bicyclic) bond motifs is 3. The number of amides is 1. The molecule has 1 aromatic rings. The topological polar surface area (TPSA) is 173 Å². The van der Waals surface area contributed by atoms with Crippen LogP contribution in [0, 0.1) is 11.8 Å². The van der Waals surface area contributed by atoms with Crippen molar-refractivity contribution in [3.63, 3.8) is 0 Å². The number of ketones is 2. The Balaban J connectivity index is 1.98. The molecule has 10 nitrogen and oxygen atoms in total. The fraction of sp³-hybridized carbons (Fsp3) is 0.519. The molecule has 0 aliphatic heterocycles. The minimum absolute atomic E-state index is 0.256. The van der Waals surface area contributed by atoms with Crippen LogP contribution in [0.25, 0.3) is 5.76 Å². The summed E-state index contributed by atoms with van der Waals surface area (Å²) in [4.78, 5) is 40.3. The largest absolute Gasteiger partial charge is 0.508 e. The zero-order chi connectivity index (χ0) is 30.3. The van der Waals surface area contributed by atoms with Gasteiger partial charge in [-0.25, -0.2) is 0 Å². The molecule has 1 fully saturated rings. The molecule has 1 saturated carbocycles. The number of rotatable bonds is 4. The second-order valence-corrected chi connectivity index (χ2v) is 11.8. The van der Waals surface area contributed by atoms with Gasteiger partial charge in [0.25, 0.3) is 5.91 Å². The van der Waals surface area contributed by atoms with Crippen molar-refractivity contribution >= 4 is 23.2 Å². The number of benzene rings is 1. The number of aliphatic hydroxyl groups excluding tert-OH is 2. The van der Waals surface area contributed by atoms with Crippen LogP contribution in [0.4, 0.5) is 13.2 Å². The van der Waals surface area contributed by atoms with E-state index in [0.717, 1.165) is 6.07 Å². The van der Waals surface area contributed by atoms with Crippen molar-refractivity contribution in [3.05, 3.63) is 45.2 Å². The first-order valence-corrected chi connectivity index (χ1v) is 12.6. The molecule has 1 aromatic carbocycles. The fourth-order valence-corrected chi connectivity index (χ4v) is 6.24. The van der Waals surface area contributed by atoms with E-state index in [9.17, 15) is 48.0 Å². The highest BCUT2D eigenvalue weighted by Crippen LogP contribution is 2.54. The number of carbonyl (C=O) groups excluding carboxylic acids is 3. The van der Waals surface area contributed by atoms with Gasteiger partial charge in [-0.3, -0.25) is 19.3 Å². The first-order chi connectivity index (χ1) is 18.2. The molecule has 1 amide bonds. The maximum absolute atomic E-state index is 14.5. The van der Waals surface area contributed by atoms with E-state index in [2.05, 4.69) is 5.32 Å². The molecule has 0 heterocycles. The maximum Gasteiger partial charge on any atom is 0.417 e. The van der Waals surface area contributed by atoms with Gasteiger partial charge in [-0.05, 0) is 70.8 Å². The summed E-state index contributed by atoms with van der Waals surface area (Å²) in [5.41, 5.74) is -2.01. The number of aliphatic hydroxyl groups is 3. The van der Waals surface area contributed by atoms with E-state index in [1.54, 1.807) is 20.8 Å². The Morgan fingerprint density at radius 3 is 2.27 bits per heavy atom. The molecule has 0 bridgehead atoms. The molecular formula is C27H32F3N3O7. The second kappa shape index (κ2) is 9.32. The van der Waals surface area contributed by atoms with E-state index in [-0.39, 0.29) is 18.5 Å². The lowest BCUT2D eigenvalue weighted by molar-refractivity contribution is -0.153. The number of hydrogen-bond donors (Lipinski definition) is 6. The average Bonchev–Trinajstić information content (AvgIpc) is 2.78. The van der Waals surface area contributed by atoms with Crippen LogP contribution in [0.5, 0.6) is 5.75 Å². The Morgan fingerprint density at radius 1 is 1.18 bits per heavy atom. The van der Waals surface area contributed by atoms with Crippen molar-refractivity contribution in [2.45, 2.75) is 63.5 Å². The Morgan fingerprint density at radius 2 is 1.77 bits per heavy atom. The van der Waals surface area contributed by atoms with Crippen LogP contribution in [0.2, 0.25) is 0 Å². The molecule has 13 heteroatoms. The molecule has 218 valence electrons. The lowest BCUT2D eigenvalue weighted by Crippen LogP contribution is -2.65. The van der Waals surface area contributed by atoms with Gasteiger partial charge in [-0.15, -0.1) is 0 Å². The van der Waals surface area contributed by atoms with E-state index in [1.165, 1.54) is 19.0 Å². The molecular weight excluding hydrogens is 535 g/mol. The van der Waals surface area contributed by atoms with Gasteiger partial charge in [0.1, 0.15) is 22.8 Å². The van der Waals surface area contributed by atoms with Crippen molar-refractivity contribution < 1.29 is 48.0 Å². The Hall–Kier alpha value is -3.42. The second-order valence-electron chi connectivity index (χ2n) is 11.8. The van der Waals surface area contributed by atoms with Crippen molar-refractivity contribution in [1.82, 2.24) is 10.2 Å². The van der Waals surface area contributed by atoms with Gasteiger partial charge in [0.2, 0.25) is 5.78 Å². The van der Waals surface area contributed by atoms with Crippen molar-refractivity contribution in [2.24, 2.45) is 17.6 Å². The Kier molecular flexibility index (Phi) is 6.88. The maximum atomic E-state index is 14.5. The first kappa shape index (κ1) is 29.6. The SMILES string of the molecule is CN(C)[C@@H]1C(=O)C(C(N)=O)=C(O)[C@@]2(O)C(=O)C3=C(O)c4c(O)cc(CNC(C)(C)C)c(C(F)(F)F)c4C[C@H]3C[C@@H]12. The summed E-state index contributed by atoms with van der Waals surface area (Å²) in [6.07, 6.45) is -5.66. The van der Waals surface area contributed by atoms with E-state index in [4.69, 9.17) is 5.73 Å². The predicted octanol–water partition coefficient (Wildman–Crippen LogP) is 1.87. The number of phenolic OH excluding ortho intramolecular Hbond substituents is 1. The molecule has 4 rings (SSSR count). The normalized spacial score (nSPS) is 27.1. The van der Waals surface area contributed by atoms with Gasteiger partial charge in [-0.2, -0.15) is 13.2 Å². The van der Waals surface area contributed by atoms with E-state index < -0.39 is 104 Å². The number of primary amides is 1. The predicted molar refractivity (Wildman–Crippen MR) is 136 cm³/mol. The number of nitrogens with zero attached hydrogens (tertiary/aromatic N) is 1. The number of nitrogens with two attached hydrogens (primary N) is 1. The van der Waals surface area contributed by atoms with Crippen LogP contribution in [0.15, 0.2) is 23.0 Å². The van der Waals surface area contributed by atoms with Gasteiger partial charge in [0.05, 0.1) is 17.2 Å². The quantitative estimate of drug-likeness (QED) is 0.297. The molecule has 0 radical (unpaired) electrons. The highest BCUT2D eigenvalue weighted by Gasteiger charge is 2.64. The van der Waals surface area contributed by atoms with Crippen LogP contribution >= 0.6 is 0 Å². The molecule has 0 unspecified atom stereocenters. The smallest absolute Gasteiger partial charge is 0.417 e. The number of likely N-dealkylation sites (N-methyl/N-ethyl adjacent to an activating group) is 1. The fourth-order valence-electron chi connectivity index (χ4n) is 6.24. The highest BCUT2D eigenvalue weighted by molar-refractivity contribution is 6.24. The van der Waals surface area contributed by atoms with E-state index in [0.29, 0.717) is 0 Å².